The van der Waals surface area contributed by atoms with Crippen LogP contribution in [0.25, 0.3) is 6.08 Å². The summed E-state index contributed by atoms with van der Waals surface area (Å²) in [6, 6.07) is 14.2. The van der Waals surface area contributed by atoms with Crippen LogP contribution in [0.15, 0.2) is 77.3 Å². The molecule has 3 aromatic rings. The standard InChI is InChI=1S/C28H17BrClF3N2O3/c29-17-7-4-14(5-8-17)25(36)24-23-22(21-10-6-15-12-18(30)9-11-20(15)35(21)24)26(37)34(27(23)38)19-3-1-2-16(13-19)28(31,32)33/h1-13,21-24H/t21-,22-,23-,24+/m0/s1. The van der Waals surface area contributed by atoms with Crippen molar-refractivity contribution in [2.75, 3.05) is 9.80 Å². The minimum Gasteiger partial charge on any atom is -0.352 e. The van der Waals surface area contributed by atoms with Gasteiger partial charge in [0, 0.05) is 20.7 Å². The highest BCUT2D eigenvalue weighted by Gasteiger charge is 2.64. The second-order valence-electron chi connectivity index (χ2n) is 9.39. The summed E-state index contributed by atoms with van der Waals surface area (Å²) < 4.78 is 40.9. The van der Waals surface area contributed by atoms with Gasteiger partial charge in [0.1, 0.15) is 6.04 Å². The average Bonchev–Trinajstić information content (AvgIpc) is 3.36. The molecule has 2 amide bonds. The van der Waals surface area contributed by atoms with Crippen LogP contribution in [0.1, 0.15) is 21.5 Å². The van der Waals surface area contributed by atoms with Crippen LogP contribution < -0.4 is 9.80 Å². The molecule has 2 fully saturated rings. The number of halogens is 5. The number of anilines is 2. The van der Waals surface area contributed by atoms with Gasteiger partial charge in [-0.15, -0.1) is 0 Å². The fraction of sp³-hybridized carbons (Fsp3) is 0.179. The van der Waals surface area contributed by atoms with Gasteiger partial charge in [-0.1, -0.05) is 57.9 Å². The Morgan fingerprint density at radius 1 is 0.921 bits per heavy atom. The number of fused-ring (bicyclic) bond motifs is 5. The third-order valence-corrected chi connectivity index (χ3v) is 8.06. The monoisotopic (exact) mass is 600 g/mol. The lowest BCUT2D eigenvalue weighted by molar-refractivity contribution is -0.137. The van der Waals surface area contributed by atoms with Crippen LogP contribution in [0, 0.1) is 11.8 Å². The molecule has 6 rings (SSSR count). The quantitative estimate of drug-likeness (QED) is 0.258. The first-order valence-electron chi connectivity index (χ1n) is 11.7. The zero-order valence-electron chi connectivity index (χ0n) is 19.3. The number of nitrogens with zero attached hydrogens (tertiary/aromatic N) is 2. The molecule has 3 aromatic carbocycles. The Kier molecular flexibility index (Phi) is 5.77. The maximum atomic E-state index is 14.0. The van der Waals surface area contributed by atoms with E-state index < -0.39 is 47.5 Å². The largest absolute Gasteiger partial charge is 0.416 e. The van der Waals surface area contributed by atoms with Crippen LogP contribution in [-0.2, 0) is 15.8 Å². The molecule has 38 heavy (non-hydrogen) atoms. The zero-order chi connectivity index (χ0) is 26.9. The summed E-state index contributed by atoms with van der Waals surface area (Å²) in [7, 11) is 0. The minimum absolute atomic E-state index is 0.169. The van der Waals surface area contributed by atoms with Crippen molar-refractivity contribution < 1.29 is 27.6 Å². The van der Waals surface area contributed by atoms with Crippen LogP contribution in [0.5, 0.6) is 0 Å². The van der Waals surface area contributed by atoms with Gasteiger partial charge in [-0.25, -0.2) is 4.90 Å². The molecule has 5 nitrogen and oxygen atoms in total. The Bertz CT molecular complexity index is 1540. The molecule has 0 unspecified atom stereocenters. The summed E-state index contributed by atoms with van der Waals surface area (Å²) >= 11 is 9.53. The van der Waals surface area contributed by atoms with E-state index in [-0.39, 0.29) is 11.5 Å². The van der Waals surface area contributed by atoms with E-state index in [0.29, 0.717) is 16.3 Å². The number of ketones is 1. The smallest absolute Gasteiger partial charge is 0.352 e. The van der Waals surface area contributed by atoms with Crippen molar-refractivity contribution in [1.82, 2.24) is 0 Å². The molecule has 0 N–H and O–H groups in total. The lowest BCUT2D eigenvalue weighted by atomic mass is 9.86. The van der Waals surface area contributed by atoms with Gasteiger partial charge in [0.15, 0.2) is 5.78 Å². The third kappa shape index (κ3) is 3.79. The summed E-state index contributed by atoms with van der Waals surface area (Å²) in [6.07, 6.45) is -1.10. The van der Waals surface area contributed by atoms with Gasteiger partial charge < -0.3 is 4.90 Å². The first-order valence-corrected chi connectivity index (χ1v) is 12.8. The van der Waals surface area contributed by atoms with Gasteiger partial charge in [0.05, 0.1) is 29.1 Å². The highest BCUT2D eigenvalue weighted by molar-refractivity contribution is 9.10. The lowest BCUT2D eigenvalue weighted by Crippen LogP contribution is -2.48. The second kappa shape index (κ2) is 8.81. The molecule has 3 aliphatic heterocycles. The van der Waals surface area contributed by atoms with Crippen LogP contribution >= 0.6 is 27.5 Å². The Hall–Kier alpha value is -3.43. The molecule has 10 heteroatoms. The number of hydrogen-bond acceptors (Lipinski definition) is 4. The van der Waals surface area contributed by atoms with Gasteiger partial charge in [-0.2, -0.15) is 13.2 Å². The number of alkyl halides is 3. The Labute approximate surface area is 228 Å². The SMILES string of the molecule is O=C(c1ccc(Br)cc1)[C@H]1[C@H]2C(=O)N(c3cccc(C(F)(F)F)c3)C(=O)[C@H]2[C@@H]2C=Cc3cc(Cl)ccc3N21. The van der Waals surface area contributed by atoms with Crippen LogP contribution in [0.4, 0.5) is 24.5 Å². The molecule has 192 valence electrons. The number of amides is 2. The van der Waals surface area contributed by atoms with E-state index in [1.807, 2.05) is 0 Å². The van der Waals surface area contributed by atoms with E-state index >= 15 is 0 Å². The van der Waals surface area contributed by atoms with E-state index in [2.05, 4.69) is 15.9 Å². The van der Waals surface area contributed by atoms with Gasteiger partial charge >= 0.3 is 6.18 Å². The van der Waals surface area contributed by atoms with Crippen molar-refractivity contribution in [2.45, 2.75) is 18.3 Å². The van der Waals surface area contributed by atoms with Crippen molar-refractivity contribution in [2.24, 2.45) is 11.8 Å². The fourth-order valence-electron chi connectivity index (χ4n) is 5.70. The minimum atomic E-state index is -4.65. The molecular weight excluding hydrogens is 585 g/mol. The van der Waals surface area contributed by atoms with E-state index in [1.165, 1.54) is 6.07 Å². The number of carbonyl (C=O) groups is 3. The maximum absolute atomic E-state index is 14.0. The van der Waals surface area contributed by atoms with Gasteiger partial charge in [0.25, 0.3) is 0 Å². The first-order chi connectivity index (χ1) is 18.1. The predicted octanol–water partition coefficient (Wildman–Crippen LogP) is 6.39. The van der Waals surface area contributed by atoms with Crippen LogP contribution in [0.2, 0.25) is 5.02 Å². The molecule has 0 aromatic heterocycles. The van der Waals surface area contributed by atoms with E-state index in [9.17, 15) is 27.6 Å². The summed E-state index contributed by atoms with van der Waals surface area (Å²) in [5.74, 6) is -3.75. The van der Waals surface area contributed by atoms with E-state index in [1.54, 1.807) is 59.5 Å². The summed E-state index contributed by atoms with van der Waals surface area (Å²) in [5, 5.41) is 0.491. The molecule has 0 aliphatic carbocycles. The maximum Gasteiger partial charge on any atom is 0.416 e. The summed E-state index contributed by atoms with van der Waals surface area (Å²) in [6.45, 7) is 0. The average molecular weight is 602 g/mol. The number of benzene rings is 3. The van der Waals surface area contributed by atoms with E-state index in [0.717, 1.165) is 33.1 Å². The van der Waals surface area contributed by atoms with Crippen molar-refractivity contribution in [3.05, 3.63) is 99.0 Å². The molecular formula is C28H17BrClF3N2O3. The first kappa shape index (κ1) is 24.9. The number of carbonyl (C=O) groups excluding carboxylic acids is 3. The highest BCUT2D eigenvalue weighted by Crippen LogP contribution is 2.50. The zero-order valence-corrected chi connectivity index (χ0v) is 21.7. The fourth-order valence-corrected chi connectivity index (χ4v) is 6.15. The van der Waals surface area contributed by atoms with Crippen LogP contribution in [-0.4, -0.2) is 29.7 Å². The summed E-state index contributed by atoms with van der Waals surface area (Å²) in [5.41, 5.74) is 0.591. The van der Waals surface area contributed by atoms with Crippen molar-refractivity contribution in [1.29, 1.82) is 0 Å². The number of hydrogen-bond donors (Lipinski definition) is 0. The van der Waals surface area contributed by atoms with Crippen LogP contribution in [0.3, 0.4) is 0 Å². The molecule has 2 saturated heterocycles. The van der Waals surface area contributed by atoms with Crippen molar-refractivity contribution in [3.63, 3.8) is 0 Å². The van der Waals surface area contributed by atoms with Gasteiger partial charge in [0.2, 0.25) is 11.8 Å². The third-order valence-electron chi connectivity index (χ3n) is 7.30. The Morgan fingerprint density at radius 3 is 2.34 bits per heavy atom. The van der Waals surface area contributed by atoms with Crippen molar-refractivity contribution >= 4 is 62.6 Å². The molecule has 3 heterocycles. The predicted molar refractivity (Wildman–Crippen MR) is 140 cm³/mol. The number of Topliss-reactive ketones (excluding diaryl/α,β-unsaturated/α-hetero) is 1. The van der Waals surface area contributed by atoms with Crippen molar-refractivity contribution in [3.8, 4) is 0 Å². The highest BCUT2D eigenvalue weighted by atomic mass is 79.9. The normalized spacial score (nSPS) is 23.9. The van der Waals surface area contributed by atoms with E-state index in [4.69, 9.17) is 11.6 Å². The Morgan fingerprint density at radius 2 is 1.63 bits per heavy atom. The number of imide groups is 1. The molecule has 0 saturated carbocycles. The second-order valence-corrected chi connectivity index (χ2v) is 10.7. The molecule has 0 radical (unpaired) electrons. The van der Waals surface area contributed by atoms with Gasteiger partial charge in [-0.3, -0.25) is 14.4 Å². The summed E-state index contributed by atoms with van der Waals surface area (Å²) in [4.78, 5) is 44.2. The molecule has 0 spiro atoms. The number of rotatable bonds is 3. The van der Waals surface area contributed by atoms with Gasteiger partial charge in [-0.05, 0) is 54.1 Å². The Balaban J connectivity index is 1.48. The molecule has 0 bridgehead atoms. The molecule has 3 aliphatic rings. The topological polar surface area (TPSA) is 57.7 Å². The molecule has 4 atom stereocenters. The lowest BCUT2D eigenvalue weighted by Gasteiger charge is -2.36.